The van der Waals surface area contributed by atoms with E-state index >= 15 is 0 Å². The SMILES string of the molecule is CC(C)CC(NC(=O)C(CS)NC(=O)C(Cc1c[nH]c2ccccc12)NC(=O)C(N)CC(N)=O)C(=O)O. The van der Waals surface area contributed by atoms with Gasteiger partial charge in [-0.2, -0.15) is 12.6 Å². The van der Waals surface area contributed by atoms with Crippen LogP contribution >= 0.6 is 12.6 Å². The third-order valence-corrected chi connectivity index (χ3v) is 5.99. The number of carboxylic acids is 1. The Hall–Kier alpha value is -3.58. The highest BCUT2D eigenvalue weighted by atomic mass is 32.1. The number of primary amides is 1. The molecule has 202 valence electrons. The average Bonchev–Trinajstić information content (AvgIpc) is 3.23. The van der Waals surface area contributed by atoms with Crippen LogP contribution in [0.3, 0.4) is 0 Å². The van der Waals surface area contributed by atoms with Crippen LogP contribution in [0.1, 0.15) is 32.3 Å². The van der Waals surface area contributed by atoms with Crippen molar-refractivity contribution in [2.75, 3.05) is 5.75 Å². The highest BCUT2D eigenvalue weighted by Crippen LogP contribution is 2.19. The summed E-state index contributed by atoms with van der Waals surface area (Å²) in [6.45, 7) is 3.64. The van der Waals surface area contributed by atoms with Gasteiger partial charge in [0.15, 0.2) is 0 Å². The van der Waals surface area contributed by atoms with Gasteiger partial charge in [0, 0.05) is 29.3 Å². The Kier molecular flexibility index (Phi) is 10.9. The summed E-state index contributed by atoms with van der Waals surface area (Å²) in [5.74, 6) is -4.30. The zero-order valence-corrected chi connectivity index (χ0v) is 21.6. The fourth-order valence-electron chi connectivity index (χ4n) is 3.75. The lowest BCUT2D eigenvalue weighted by atomic mass is 10.0. The summed E-state index contributed by atoms with van der Waals surface area (Å²) in [4.78, 5) is 64.4. The minimum Gasteiger partial charge on any atom is -0.480 e. The van der Waals surface area contributed by atoms with Gasteiger partial charge in [-0.05, 0) is 24.0 Å². The molecule has 1 heterocycles. The Morgan fingerprint density at radius 2 is 1.57 bits per heavy atom. The highest BCUT2D eigenvalue weighted by Gasteiger charge is 2.30. The number of aromatic nitrogens is 1. The third-order valence-electron chi connectivity index (χ3n) is 5.63. The maximum absolute atomic E-state index is 13.3. The van der Waals surface area contributed by atoms with E-state index in [4.69, 9.17) is 11.5 Å². The minimum atomic E-state index is -1.27. The Bertz CT molecular complexity index is 1140. The number of hydrogen-bond acceptors (Lipinski definition) is 7. The van der Waals surface area contributed by atoms with Gasteiger partial charge in [-0.1, -0.05) is 32.0 Å². The van der Waals surface area contributed by atoms with Crippen LogP contribution in [-0.2, 0) is 30.4 Å². The van der Waals surface area contributed by atoms with Crippen LogP contribution in [-0.4, -0.2) is 69.6 Å². The van der Waals surface area contributed by atoms with Crippen molar-refractivity contribution in [2.24, 2.45) is 17.4 Å². The molecule has 0 bridgehead atoms. The predicted octanol–water partition coefficient (Wildman–Crippen LogP) is -0.572. The lowest BCUT2D eigenvalue weighted by molar-refractivity contribution is -0.142. The molecular weight excluding hydrogens is 500 g/mol. The number of para-hydroxylation sites is 1. The normalized spacial score (nSPS) is 14.4. The van der Waals surface area contributed by atoms with E-state index in [-0.39, 0.29) is 24.5 Å². The largest absolute Gasteiger partial charge is 0.480 e. The molecule has 1 aromatic heterocycles. The van der Waals surface area contributed by atoms with Gasteiger partial charge >= 0.3 is 5.97 Å². The molecule has 4 unspecified atom stereocenters. The number of carboxylic acid groups (broad SMARTS) is 1. The van der Waals surface area contributed by atoms with Crippen LogP contribution in [0.25, 0.3) is 10.9 Å². The summed E-state index contributed by atoms with van der Waals surface area (Å²) in [7, 11) is 0. The van der Waals surface area contributed by atoms with Gasteiger partial charge in [-0.25, -0.2) is 4.79 Å². The quantitative estimate of drug-likeness (QED) is 0.148. The molecule has 0 spiro atoms. The second kappa shape index (κ2) is 13.7. The number of aliphatic carboxylic acids is 1. The Balaban J connectivity index is 2.23. The number of nitrogens with two attached hydrogens (primary N) is 2. The average molecular weight is 535 g/mol. The Morgan fingerprint density at radius 3 is 2.16 bits per heavy atom. The van der Waals surface area contributed by atoms with E-state index in [0.29, 0.717) is 5.56 Å². The fraction of sp³-hybridized carbons (Fsp3) is 0.458. The maximum atomic E-state index is 13.3. The summed E-state index contributed by atoms with van der Waals surface area (Å²) in [6, 6.07) is 2.61. The molecular formula is C24H34N6O6S. The zero-order valence-electron chi connectivity index (χ0n) is 20.7. The van der Waals surface area contributed by atoms with Crippen molar-refractivity contribution in [3.05, 3.63) is 36.0 Å². The van der Waals surface area contributed by atoms with E-state index in [1.165, 1.54) is 0 Å². The molecule has 37 heavy (non-hydrogen) atoms. The van der Waals surface area contributed by atoms with Crippen molar-refractivity contribution in [3.63, 3.8) is 0 Å². The number of amides is 4. The first-order chi connectivity index (χ1) is 17.4. The van der Waals surface area contributed by atoms with Gasteiger partial charge in [0.25, 0.3) is 0 Å². The van der Waals surface area contributed by atoms with E-state index < -0.39 is 60.2 Å². The van der Waals surface area contributed by atoms with Crippen molar-refractivity contribution in [2.45, 2.75) is 57.3 Å². The second-order valence-electron chi connectivity index (χ2n) is 9.17. The number of thiol groups is 1. The van der Waals surface area contributed by atoms with E-state index in [9.17, 15) is 29.1 Å². The molecule has 0 aliphatic carbocycles. The topological polar surface area (TPSA) is 210 Å². The zero-order chi connectivity index (χ0) is 27.7. The van der Waals surface area contributed by atoms with Gasteiger partial charge in [-0.15, -0.1) is 0 Å². The number of aromatic amines is 1. The number of fused-ring (bicyclic) bond motifs is 1. The number of carbonyl (C=O) groups excluding carboxylic acids is 4. The summed E-state index contributed by atoms with van der Waals surface area (Å²) in [6.07, 6.45) is 1.52. The molecule has 0 saturated carbocycles. The van der Waals surface area contributed by atoms with Gasteiger partial charge in [-0.3, -0.25) is 19.2 Å². The molecule has 12 nitrogen and oxygen atoms in total. The molecule has 2 rings (SSSR count). The Morgan fingerprint density at radius 1 is 0.973 bits per heavy atom. The smallest absolute Gasteiger partial charge is 0.326 e. The first-order valence-corrected chi connectivity index (χ1v) is 12.4. The number of carbonyl (C=O) groups is 5. The van der Waals surface area contributed by atoms with Crippen LogP contribution in [0.4, 0.5) is 0 Å². The molecule has 0 saturated heterocycles. The van der Waals surface area contributed by atoms with Crippen LogP contribution < -0.4 is 27.4 Å². The molecule has 0 aliphatic heterocycles. The molecule has 9 N–H and O–H groups in total. The lowest BCUT2D eigenvalue weighted by Crippen LogP contribution is -2.58. The molecule has 0 aliphatic rings. The molecule has 0 fully saturated rings. The summed E-state index contributed by atoms with van der Waals surface area (Å²) < 4.78 is 0. The standard InChI is InChI=1S/C24H34N6O6S/c1-12(2)7-18(24(35)36)29-23(34)19(11-37)30-22(33)17(28-21(32)15(25)9-20(26)31)8-13-10-27-16-6-4-3-5-14(13)16/h3-6,10,12,15,17-19,27,37H,7-9,11,25H2,1-2H3,(H2,26,31)(H,28,32)(H,29,34)(H,30,33)(H,35,36). The first-order valence-electron chi connectivity index (χ1n) is 11.8. The number of nitrogens with one attached hydrogen (secondary N) is 4. The van der Waals surface area contributed by atoms with Crippen molar-refractivity contribution >= 4 is 53.1 Å². The van der Waals surface area contributed by atoms with Gasteiger partial charge in [0.05, 0.1) is 12.5 Å². The summed E-state index contributed by atoms with van der Waals surface area (Å²) in [5, 5.41) is 17.7. The molecule has 13 heteroatoms. The predicted molar refractivity (Wildman–Crippen MR) is 141 cm³/mol. The summed E-state index contributed by atoms with van der Waals surface area (Å²) in [5.41, 5.74) is 12.4. The molecule has 4 atom stereocenters. The van der Waals surface area contributed by atoms with Crippen LogP contribution in [0.15, 0.2) is 30.5 Å². The van der Waals surface area contributed by atoms with E-state index in [1.807, 2.05) is 38.1 Å². The van der Waals surface area contributed by atoms with Gasteiger partial charge < -0.3 is 37.5 Å². The van der Waals surface area contributed by atoms with Gasteiger partial charge in [0.1, 0.15) is 18.1 Å². The fourth-order valence-corrected chi connectivity index (χ4v) is 4.01. The molecule has 4 amide bonds. The van der Waals surface area contributed by atoms with E-state index in [1.54, 1.807) is 6.20 Å². The number of benzene rings is 1. The highest BCUT2D eigenvalue weighted by molar-refractivity contribution is 7.80. The van der Waals surface area contributed by atoms with Crippen molar-refractivity contribution in [1.29, 1.82) is 0 Å². The number of hydrogen-bond donors (Lipinski definition) is 8. The third kappa shape index (κ3) is 8.79. The van der Waals surface area contributed by atoms with Crippen LogP contribution in [0, 0.1) is 5.92 Å². The van der Waals surface area contributed by atoms with E-state index in [2.05, 4.69) is 33.6 Å². The van der Waals surface area contributed by atoms with Crippen molar-refractivity contribution in [3.8, 4) is 0 Å². The van der Waals surface area contributed by atoms with Crippen LogP contribution in [0.2, 0.25) is 0 Å². The first kappa shape index (κ1) is 29.6. The molecule has 2 aromatic rings. The molecule has 0 radical (unpaired) electrons. The minimum absolute atomic E-state index is 0.00539. The number of rotatable bonds is 14. The second-order valence-corrected chi connectivity index (χ2v) is 9.54. The van der Waals surface area contributed by atoms with Crippen molar-refractivity contribution in [1.82, 2.24) is 20.9 Å². The Labute approximate surface area is 219 Å². The van der Waals surface area contributed by atoms with Crippen LogP contribution in [0.5, 0.6) is 0 Å². The summed E-state index contributed by atoms with van der Waals surface area (Å²) >= 11 is 4.13. The van der Waals surface area contributed by atoms with E-state index in [0.717, 1.165) is 10.9 Å². The number of H-pyrrole nitrogens is 1. The maximum Gasteiger partial charge on any atom is 0.326 e. The molecule has 1 aromatic carbocycles. The van der Waals surface area contributed by atoms with Gasteiger partial charge in [0.2, 0.25) is 23.6 Å². The monoisotopic (exact) mass is 534 g/mol. The lowest BCUT2D eigenvalue weighted by Gasteiger charge is -2.24. The van der Waals surface area contributed by atoms with Crippen molar-refractivity contribution < 1.29 is 29.1 Å².